The van der Waals surface area contributed by atoms with Crippen LogP contribution in [0.3, 0.4) is 0 Å². The molecule has 1 heterocycles. The van der Waals surface area contributed by atoms with Gasteiger partial charge in [0.05, 0.1) is 6.10 Å². The maximum absolute atomic E-state index is 10.1. The number of hydrogen-bond acceptors (Lipinski definition) is 3. The molecule has 2 rings (SSSR count). The van der Waals surface area contributed by atoms with Gasteiger partial charge in [-0.3, -0.25) is 0 Å². The highest BCUT2D eigenvalue weighted by Gasteiger charge is 2.23. The highest BCUT2D eigenvalue weighted by atomic mass is 16.5. The first-order chi connectivity index (χ1) is 7.66. The van der Waals surface area contributed by atoms with E-state index in [1.807, 2.05) is 24.3 Å². The van der Waals surface area contributed by atoms with Gasteiger partial charge in [0.2, 0.25) is 0 Å². The molecule has 0 aromatic heterocycles. The number of hydrogen-bond donors (Lipinski definition) is 2. The lowest BCUT2D eigenvalue weighted by atomic mass is 10.0. The van der Waals surface area contributed by atoms with Crippen molar-refractivity contribution in [1.82, 2.24) is 5.32 Å². The zero-order valence-electron chi connectivity index (χ0n) is 9.81. The van der Waals surface area contributed by atoms with Crippen molar-refractivity contribution in [1.29, 1.82) is 0 Å². The molecule has 0 aliphatic carbocycles. The van der Waals surface area contributed by atoms with Gasteiger partial charge in [-0.05, 0) is 12.5 Å². The number of nitrogens with one attached hydrogen (secondary N) is 1. The molecule has 16 heavy (non-hydrogen) atoms. The van der Waals surface area contributed by atoms with E-state index in [-0.39, 0.29) is 6.04 Å². The smallest absolute Gasteiger partial charge is 0.125 e. The third kappa shape index (κ3) is 2.54. The quantitative estimate of drug-likeness (QED) is 0.801. The van der Waals surface area contributed by atoms with Gasteiger partial charge >= 0.3 is 0 Å². The molecule has 3 nitrogen and oxygen atoms in total. The summed E-state index contributed by atoms with van der Waals surface area (Å²) in [5.41, 5.74) is 0.899. The molecule has 0 saturated heterocycles. The fraction of sp³-hybridized carbons (Fsp3) is 0.538. The maximum atomic E-state index is 10.1. The first-order valence-corrected chi connectivity index (χ1v) is 5.82. The Morgan fingerprint density at radius 1 is 1.38 bits per heavy atom. The second-order valence-electron chi connectivity index (χ2n) is 4.62. The van der Waals surface area contributed by atoms with Gasteiger partial charge in [-0.1, -0.05) is 32.0 Å². The van der Waals surface area contributed by atoms with E-state index in [1.165, 1.54) is 0 Å². The van der Waals surface area contributed by atoms with E-state index < -0.39 is 6.10 Å². The second-order valence-corrected chi connectivity index (χ2v) is 4.62. The SMILES string of the molecule is CC(C)N[C@@H]1COc2ccccc2[C@H](O)C1. The highest BCUT2D eigenvalue weighted by Crippen LogP contribution is 2.30. The summed E-state index contributed by atoms with van der Waals surface area (Å²) < 4.78 is 5.71. The summed E-state index contributed by atoms with van der Waals surface area (Å²) in [6, 6.07) is 8.32. The van der Waals surface area contributed by atoms with E-state index in [0.717, 1.165) is 11.3 Å². The minimum Gasteiger partial charge on any atom is -0.492 e. The average molecular weight is 221 g/mol. The molecule has 1 aliphatic heterocycles. The van der Waals surface area contributed by atoms with Crippen LogP contribution in [-0.4, -0.2) is 23.8 Å². The summed E-state index contributed by atoms with van der Waals surface area (Å²) in [7, 11) is 0. The number of aliphatic hydroxyl groups is 1. The van der Waals surface area contributed by atoms with E-state index >= 15 is 0 Å². The molecule has 0 spiro atoms. The number of fused-ring (bicyclic) bond motifs is 1. The second kappa shape index (κ2) is 4.85. The molecule has 1 aromatic carbocycles. The van der Waals surface area contributed by atoms with E-state index in [0.29, 0.717) is 19.1 Å². The van der Waals surface area contributed by atoms with Crippen LogP contribution in [-0.2, 0) is 0 Å². The average Bonchev–Trinajstić information content (AvgIpc) is 2.39. The molecule has 0 fully saturated rings. The Morgan fingerprint density at radius 3 is 2.88 bits per heavy atom. The van der Waals surface area contributed by atoms with Crippen LogP contribution in [0.15, 0.2) is 24.3 Å². The van der Waals surface area contributed by atoms with Crippen LogP contribution in [0.2, 0.25) is 0 Å². The Balaban J connectivity index is 2.13. The van der Waals surface area contributed by atoms with Gasteiger partial charge in [0.15, 0.2) is 0 Å². The van der Waals surface area contributed by atoms with Crippen molar-refractivity contribution >= 4 is 0 Å². The lowest BCUT2D eigenvalue weighted by Gasteiger charge is -2.20. The zero-order chi connectivity index (χ0) is 11.5. The Morgan fingerprint density at radius 2 is 2.12 bits per heavy atom. The Labute approximate surface area is 96.4 Å². The number of aliphatic hydroxyl groups excluding tert-OH is 1. The topological polar surface area (TPSA) is 41.5 Å². The van der Waals surface area contributed by atoms with Crippen LogP contribution in [0.4, 0.5) is 0 Å². The van der Waals surface area contributed by atoms with Gasteiger partial charge < -0.3 is 15.2 Å². The van der Waals surface area contributed by atoms with Gasteiger partial charge in [-0.25, -0.2) is 0 Å². The summed E-state index contributed by atoms with van der Waals surface area (Å²) in [5.74, 6) is 0.808. The Bertz CT molecular complexity index is 352. The predicted molar refractivity (Wildman–Crippen MR) is 63.6 cm³/mol. The molecule has 0 unspecified atom stereocenters. The molecule has 1 aliphatic rings. The molecule has 2 N–H and O–H groups in total. The molecule has 0 bridgehead atoms. The summed E-state index contributed by atoms with van der Waals surface area (Å²) in [6.45, 7) is 4.82. The molecule has 2 atom stereocenters. The molecule has 1 aromatic rings. The summed E-state index contributed by atoms with van der Waals surface area (Å²) >= 11 is 0. The predicted octanol–water partition coefficient (Wildman–Crippen LogP) is 1.87. The van der Waals surface area contributed by atoms with Gasteiger partial charge in [0, 0.05) is 17.6 Å². The van der Waals surface area contributed by atoms with E-state index in [4.69, 9.17) is 4.74 Å². The fourth-order valence-corrected chi connectivity index (χ4v) is 2.13. The van der Waals surface area contributed by atoms with Gasteiger partial charge in [0.1, 0.15) is 12.4 Å². The first kappa shape index (κ1) is 11.4. The lowest BCUT2D eigenvalue weighted by molar-refractivity contribution is 0.149. The van der Waals surface area contributed by atoms with Crippen molar-refractivity contribution in [3.05, 3.63) is 29.8 Å². The van der Waals surface area contributed by atoms with Crippen LogP contribution in [0.5, 0.6) is 5.75 Å². The van der Waals surface area contributed by atoms with E-state index in [2.05, 4.69) is 19.2 Å². The van der Waals surface area contributed by atoms with E-state index in [1.54, 1.807) is 0 Å². The molecule has 3 heteroatoms. The van der Waals surface area contributed by atoms with Gasteiger partial charge in [-0.15, -0.1) is 0 Å². The van der Waals surface area contributed by atoms with Crippen molar-refractivity contribution in [2.24, 2.45) is 0 Å². The van der Waals surface area contributed by atoms with Crippen LogP contribution >= 0.6 is 0 Å². The molecule has 0 saturated carbocycles. The van der Waals surface area contributed by atoms with Crippen LogP contribution in [0, 0.1) is 0 Å². The highest BCUT2D eigenvalue weighted by molar-refractivity contribution is 5.35. The largest absolute Gasteiger partial charge is 0.492 e. The van der Waals surface area contributed by atoms with Crippen LogP contribution < -0.4 is 10.1 Å². The number of benzene rings is 1. The van der Waals surface area contributed by atoms with E-state index in [9.17, 15) is 5.11 Å². The summed E-state index contributed by atoms with van der Waals surface area (Å²) in [5, 5.41) is 13.5. The standard InChI is InChI=1S/C13H19NO2/c1-9(2)14-10-7-12(15)11-5-3-4-6-13(11)16-8-10/h3-6,9-10,12,14-15H,7-8H2,1-2H3/t10-,12+/m0/s1. The monoisotopic (exact) mass is 221 g/mol. The third-order valence-corrected chi connectivity index (χ3v) is 2.79. The van der Waals surface area contributed by atoms with Crippen molar-refractivity contribution < 1.29 is 9.84 Å². The van der Waals surface area contributed by atoms with Crippen molar-refractivity contribution in [3.8, 4) is 5.75 Å². The van der Waals surface area contributed by atoms with Gasteiger partial charge in [0.25, 0.3) is 0 Å². The number of para-hydroxylation sites is 1. The van der Waals surface area contributed by atoms with Crippen LogP contribution in [0.25, 0.3) is 0 Å². The molecule has 0 amide bonds. The van der Waals surface area contributed by atoms with Crippen molar-refractivity contribution in [2.45, 2.75) is 38.5 Å². The van der Waals surface area contributed by atoms with Gasteiger partial charge in [-0.2, -0.15) is 0 Å². The minimum absolute atomic E-state index is 0.211. The zero-order valence-corrected chi connectivity index (χ0v) is 9.81. The summed E-state index contributed by atoms with van der Waals surface area (Å²) in [6.07, 6.45) is 0.268. The molecular weight excluding hydrogens is 202 g/mol. The Kier molecular flexibility index (Phi) is 3.46. The molecular formula is C13H19NO2. The Hall–Kier alpha value is -1.06. The van der Waals surface area contributed by atoms with Crippen LogP contribution in [0.1, 0.15) is 31.9 Å². The maximum Gasteiger partial charge on any atom is 0.125 e. The number of rotatable bonds is 2. The third-order valence-electron chi connectivity index (χ3n) is 2.79. The number of ether oxygens (including phenoxy) is 1. The minimum atomic E-state index is -0.435. The molecule has 0 radical (unpaired) electrons. The van der Waals surface area contributed by atoms with Crippen molar-refractivity contribution in [3.63, 3.8) is 0 Å². The summed E-state index contributed by atoms with van der Waals surface area (Å²) in [4.78, 5) is 0. The van der Waals surface area contributed by atoms with Crippen molar-refractivity contribution in [2.75, 3.05) is 6.61 Å². The normalized spacial score (nSPS) is 24.8. The lowest BCUT2D eigenvalue weighted by Crippen LogP contribution is -2.39. The molecule has 88 valence electrons. The fourth-order valence-electron chi connectivity index (χ4n) is 2.13. The first-order valence-electron chi connectivity index (χ1n) is 5.82.